The molecule has 2 aromatic rings. The van der Waals surface area contributed by atoms with E-state index < -0.39 is 0 Å². The van der Waals surface area contributed by atoms with Crippen molar-refractivity contribution in [3.8, 4) is 0 Å². The van der Waals surface area contributed by atoms with Crippen molar-refractivity contribution in [2.75, 3.05) is 0 Å². The first-order valence-corrected chi connectivity index (χ1v) is 5.13. The van der Waals surface area contributed by atoms with Crippen LogP contribution in [-0.4, -0.2) is 19.6 Å². The van der Waals surface area contributed by atoms with Crippen LogP contribution < -0.4 is 11.3 Å². The summed E-state index contributed by atoms with van der Waals surface area (Å²) in [5.74, 6) is 5.56. The van der Waals surface area contributed by atoms with Crippen molar-refractivity contribution in [3.05, 3.63) is 34.9 Å². The highest BCUT2D eigenvalue weighted by atomic mass is 35.5. The number of nitrogens with one attached hydrogen (secondary N) is 1. The van der Waals surface area contributed by atoms with Crippen LogP contribution in [0.3, 0.4) is 0 Å². The van der Waals surface area contributed by atoms with Gasteiger partial charge in [0.1, 0.15) is 0 Å². The molecule has 3 N–H and O–H groups in total. The molecule has 0 radical (unpaired) electrons. The Morgan fingerprint density at radius 1 is 1.38 bits per heavy atom. The second-order valence-electron chi connectivity index (χ2n) is 3.55. The Morgan fingerprint density at radius 2 is 2.12 bits per heavy atom. The van der Waals surface area contributed by atoms with E-state index in [0.717, 1.165) is 11.3 Å². The lowest BCUT2D eigenvalue weighted by atomic mass is 10.1. The maximum atomic E-state index is 6.07. The first-order valence-electron chi connectivity index (χ1n) is 4.75. The molecule has 0 aromatic carbocycles. The molecule has 0 saturated carbocycles. The third-order valence-corrected chi connectivity index (χ3v) is 2.73. The van der Waals surface area contributed by atoms with E-state index in [9.17, 15) is 0 Å². The lowest BCUT2D eigenvalue weighted by molar-refractivity contribution is 0.574. The van der Waals surface area contributed by atoms with Gasteiger partial charge in [-0.3, -0.25) is 15.2 Å². The molecule has 86 valence electrons. The van der Waals surface area contributed by atoms with E-state index in [4.69, 9.17) is 17.4 Å². The molecule has 1 atom stereocenters. The van der Waals surface area contributed by atoms with Crippen molar-refractivity contribution < 1.29 is 0 Å². The van der Waals surface area contributed by atoms with Gasteiger partial charge in [-0.1, -0.05) is 11.6 Å². The number of rotatable bonds is 3. The zero-order valence-electron chi connectivity index (χ0n) is 9.05. The zero-order chi connectivity index (χ0) is 11.7. The van der Waals surface area contributed by atoms with E-state index in [0.29, 0.717) is 5.02 Å². The van der Waals surface area contributed by atoms with Crippen LogP contribution in [0.1, 0.15) is 17.3 Å². The number of nitrogens with zero attached hydrogens (tertiary/aromatic N) is 4. The largest absolute Gasteiger partial charge is 0.275 e. The zero-order valence-corrected chi connectivity index (χ0v) is 9.81. The van der Waals surface area contributed by atoms with Gasteiger partial charge in [0.2, 0.25) is 0 Å². The Hall–Kier alpha value is -1.37. The maximum absolute atomic E-state index is 6.07. The Balaban J connectivity index is 2.44. The van der Waals surface area contributed by atoms with E-state index >= 15 is 0 Å². The van der Waals surface area contributed by atoms with Gasteiger partial charge in [0.05, 0.1) is 29.2 Å². The fraction of sp³-hybridized carbons (Fsp3) is 0.333. The summed E-state index contributed by atoms with van der Waals surface area (Å²) < 4.78 is 3.41. The maximum Gasteiger partial charge on any atom is 0.0923 e. The lowest BCUT2D eigenvalue weighted by Gasteiger charge is -2.15. The second kappa shape index (κ2) is 4.25. The Labute approximate surface area is 98.0 Å². The number of hydrazine groups is 1. The lowest BCUT2D eigenvalue weighted by Crippen LogP contribution is -2.30. The highest BCUT2D eigenvalue weighted by Gasteiger charge is 2.20. The van der Waals surface area contributed by atoms with Crippen molar-refractivity contribution in [3.63, 3.8) is 0 Å². The highest BCUT2D eigenvalue weighted by Crippen LogP contribution is 2.26. The summed E-state index contributed by atoms with van der Waals surface area (Å²) in [6, 6.07) is -0.214. The summed E-state index contributed by atoms with van der Waals surface area (Å²) in [6.07, 6.45) is 5.22. The monoisotopic (exact) mass is 240 g/mol. The molecule has 0 spiro atoms. The normalized spacial score (nSPS) is 13.0. The van der Waals surface area contributed by atoms with Crippen LogP contribution in [0.5, 0.6) is 0 Å². The van der Waals surface area contributed by atoms with Crippen molar-refractivity contribution in [2.24, 2.45) is 19.9 Å². The molecule has 7 heteroatoms. The fourth-order valence-corrected chi connectivity index (χ4v) is 1.94. The van der Waals surface area contributed by atoms with Gasteiger partial charge in [-0.2, -0.15) is 10.2 Å². The van der Waals surface area contributed by atoms with Crippen LogP contribution in [-0.2, 0) is 14.1 Å². The summed E-state index contributed by atoms with van der Waals surface area (Å²) in [6.45, 7) is 0. The van der Waals surface area contributed by atoms with E-state index in [1.807, 2.05) is 20.3 Å². The number of halogens is 1. The molecule has 2 rings (SSSR count). The number of aromatic nitrogens is 4. The molecule has 0 saturated heterocycles. The smallest absolute Gasteiger partial charge is 0.0923 e. The average molecular weight is 241 g/mol. The Morgan fingerprint density at radius 3 is 2.56 bits per heavy atom. The summed E-state index contributed by atoms with van der Waals surface area (Å²) in [7, 11) is 3.67. The minimum atomic E-state index is -0.214. The number of hydrogen-bond donors (Lipinski definition) is 2. The topological polar surface area (TPSA) is 73.7 Å². The molecule has 0 amide bonds. The summed E-state index contributed by atoms with van der Waals surface area (Å²) in [5, 5.41) is 8.76. The third-order valence-electron chi connectivity index (χ3n) is 2.44. The van der Waals surface area contributed by atoms with E-state index in [-0.39, 0.29) is 6.04 Å². The van der Waals surface area contributed by atoms with Gasteiger partial charge in [0, 0.05) is 25.9 Å². The highest BCUT2D eigenvalue weighted by molar-refractivity contribution is 6.31. The third kappa shape index (κ3) is 1.82. The molecule has 2 heterocycles. The van der Waals surface area contributed by atoms with E-state index in [1.54, 1.807) is 21.8 Å². The molecule has 0 aliphatic rings. The molecule has 16 heavy (non-hydrogen) atoms. The first kappa shape index (κ1) is 11.1. The van der Waals surface area contributed by atoms with Gasteiger partial charge >= 0.3 is 0 Å². The molecule has 6 nitrogen and oxygen atoms in total. The predicted molar refractivity (Wildman–Crippen MR) is 60.6 cm³/mol. The molecule has 0 aliphatic heterocycles. The fourth-order valence-electron chi connectivity index (χ4n) is 1.67. The molecule has 0 fully saturated rings. The van der Waals surface area contributed by atoms with Gasteiger partial charge in [-0.15, -0.1) is 0 Å². The Kier molecular flexibility index (Phi) is 2.95. The van der Waals surface area contributed by atoms with Crippen molar-refractivity contribution >= 4 is 11.6 Å². The summed E-state index contributed by atoms with van der Waals surface area (Å²) in [5.41, 5.74) is 4.47. The number of hydrogen-bond acceptors (Lipinski definition) is 4. The molecule has 0 aliphatic carbocycles. The molecule has 2 aromatic heterocycles. The second-order valence-corrected chi connectivity index (χ2v) is 3.96. The van der Waals surface area contributed by atoms with Crippen molar-refractivity contribution in [1.29, 1.82) is 0 Å². The SMILES string of the molecule is Cn1cc(C(NN)c2c(Cl)cnn2C)cn1. The molecule has 0 bridgehead atoms. The molecular weight excluding hydrogens is 228 g/mol. The quantitative estimate of drug-likeness (QED) is 0.600. The molecule has 1 unspecified atom stereocenters. The van der Waals surface area contributed by atoms with E-state index in [2.05, 4.69) is 15.6 Å². The van der Waals surface area contributed by atoms with Gasteiger partial charge in [-0.05, 0) is 0 Å². The van der Waals surface area contributed by atoms with Crippen LogP contribution in [0.15, 0.2) is 18.6 Å². The van der Waals surface area contributed by atoms with Gasteiger partial charge in [0.15, 0.2) is 0 Å². The minimum absolute atomic E-state index is 0.214. The first-order chi connectivity index (χ1) is 7.63. The summed E-state index contributed by atoms with van der Waals surface area (Å²) >= 11 is 6.07. The average Bonchev–Trinajstić information content (AvgIpc) is 2.80. The summed E-state index contributed by atoms with van der Waals surface area (Å²) in [4.78, 5) is 0. The minimum Gasteiger partial charge on any atom is -0.275 e. The van der Waals surface area contributed by atoms with Crippen LogP contribution in [0.25, 0.3) is 0 Å². The standard InChI is InChI=1S/C9H13ClN6/c1-15-5-6(3-12-15)8(14-11)9-7(10)4-13-16(9)2/h3-5,8,14H,11H2,1-2H3. The van der Waals surface area contributed by atoms with Crippen molar-refractivity contribution in [1.82, 2.24) is 25.0 Å². The molecular formula is C9H13ClN6. The van der Waals surface area contributed by atoms with Gasteiger partial charge < -0.3 is 0 Å². The van der Waals surface area contributed by atoms with Gasteiger partial charge in [0.25, 0.3) is 0 Å². The number of nitrogens with two attached hydrogens (primary N) is 1. The number of aryl methyl sites for hydroxylation is 2. The van der Waals surface area contributed by atoms with Gasteiger partial charge in [-0.25, -0.2) is 5.43 Å². The van der Waals surface area contributed by atoms with Crippen LogP contribution in [0, 0.1) is 0 Å². The van der Waals surface area contributed by atoms with Crippen molar-refractivity contribution in [2.45, 2.75) is 6.04 Å². The van der Waals surface area contributed by atoms with Crippen LogP contribution in [0.2, 0.25) is 5.02 Å². The van der Waals surface area contributed by atoms with Crippen LogP contribution >= 0.6 is 11.6 Å². The van der Waals surface area contributed by atoms with E-state index in [1.165, 1.54) is 0 Å². The predicted octanol–water partition coefficient (Wildman–Crippen LogP) is 0.360. The Bertz CT molecular complexity index is 468. The van der Waals surface area contributed by atoms with Crippen LogP contribution in [0.4, 0.5) is 0 Å².